The van der Waals surface area contributed by atoms with Crippen molar-refractivity contribution in [1.82, 2.24) is 10.2 Å². The molecular formula is C19H26N2O2S. The molecule has 2 fully saturated rings. The summed E-state index contributed by atoms with van der Waals surface area (Å²) in [6.07, 6.45) is 5.48. The molecule has 4 atom stereocenters. The molecule has 1 aromatic rings. The van der Waals surface area contributed by atoms with Crippen LogP contribution in [0.25, 0.3) is 0 Å². The van der Waals surface area contributed by atoms with E-state index in [4.69, 9.17) is 21.7 Å². The number of para-hydroxylation sites is 2. The van der Waals surface area contributed by atoms with Gasteiger partial charge in [-0.2, -0.15) is 0 Å². The summed E-state index contributed by atoms with van der Waals surface area (Å²) < 4.78 is 11.9. The maximum atomic E-state index is 6.08. The average molecular weight is 346 g/mol. The van der Waals surface area contributed by atoms with Gasteiger partial charge in [0.05, 0.1) is 6.54 Å². The molecule has 0 aromatic heterocycles. The van der Waals surface area contributed by atoms with Crippen LogP contribution in [0.15, 0.2) is 24.3 Å². The maximum Gasteiger partial charge on any atom is 0.169 e. The van der Waals surface area contributed by atoms with E-state index >= 15 is 0 Å². The fourth-order valence-corrected chi connectivity index (χ4v) is 4.78. The molecule has 2 bridgehead atoms. The Balaban J connectivity index is 1.33. The lowest BCUT2D eigenvalue weighted by Gasteiger charge is -2.34. The van der Waals surface area contributed by atoms with E-state index in [9.17, 15) is 0 Å². The highest BCUT2D eigenvalue weighted by molar-refractivity contribution is 7.80. The zero-order valence-electron chi connectivity index (χ0n) is 14.2. The minimum Gasteiger partial charge on any atom is -0.486 e. The Morgan fingerprint density at radius 3 is 2.79 bits per heavy atom. The van der Waals surface area contributed by atoms with Crippen molar-refractivity contribution >= 4 is 17.3 Å². The second-order valence-electron chi connectivity index (χ2n) is 7.27. The van der Waals surface area contributed by atoms with Crippen molar-refractivity contribution in [2.75, 3.05) is 19.7 Å². The quantitative estimate of drug-likeness (QED) is 0.847. The predicted molar refractivity (Wildman–Crippen MR) is 98.6 cm³/mol. The first-order chi connectivity index (χ1) is 11.7. The Bertz CT molecular complexity index is 609. The summed E-state index contributed by atoms with van der Waals surface area (Å²) in [5, 5.41) is 4.50. The van der Waals surface area contributed by atoms with Crippen LogP contribution in [0.5, 0.6) is 11.5 Å². The van der Waals surface area contributed by atoms with Crippen LogP contribution in [0.1, 0.15) is 32.6 Å². The largest absolute Gasteiger partial charge is 0.486 e. The van der Waals surface area contributed by atoms with Crippen LogP contribution < -0.4 is 14.8 Å². The number of hydrogen-bond acceptors (Lipinski definition) is 3. The topological polar surface area (TPSA) is 33.7 Å². The molecule has 4 rings (SSSR count). The van der Waals surface area contributed by atoms with E-state index in [-0.39, 0.29) is 6.10 Å². The van der Waals surface area contributed by atoms with Crippen molar-refractivity contribution in [1.29, 1.82) is 0 Å². The molecule has 0 unspecified atom stereocenters. The molecule has 5 heteroatoms. The number of nitrogens with one attached hydrogen (secondary N) is 1. The first kappa shape index (κ1) is 16.0. The lowest BCUT2D eigenvalue weighted by Crippen LogP contribution is -2.50. The van der Waals surface area contributed by atoms with E-state index in [1.165, 1.54) is 25.7 Å². The third kappa shape index (κ3) is 3.18. The molecule has 0 radical (unpaired) electrons. The van der Waals surface area contributed by atoms with Gasteiger partial charge in [0.2, 0.25) is 0 Å². The number of ether oxygens (including phenoxy) is 2. The Morgan fingerprint density at radius 1 is 1.25 bits per heavy atom. The molecule has 130 valence electrons. The van der Waals surface area contributed by atoms with Crippen LogP contribution in [-0.4, -0.2) is 41.9 Å². The van der Waals surface area contributed by atoms with Gasteiger partial charge in [0, 0.05) is 12.6 Å². The van der Waals surface area contributed by atoms with Crippen molar-refractivity contribution in [3.63, 3.8) is 0 Å². The summed E-state index contributed by atoms with van der Waals surface area (Å²) >= 11 is 5.69. The standard InChI is InChI=1S/C19H26N2O2S/c1-2-21(19(24)20-16-10-13-7-8-14(16)9-13)11-15-12-22-17-5-3-4-6-18(17)23-15/h3-6,13-16H,2,7-12H2,1H3,(H,20,24)/t13-,14-,15-,16-/m0/s1. The Morgan fingerprint density at radius 2 is 2.08 bits per heavy atom. The van der Waals surface area contributed by atoms with Gasteiger partial charge < -0.3 is 19.7 Å². The normalized spacial score (nSPS) is 30.2. The van der Waals surface area contributed by atoms with Crippen LogP contribution >= 0.6 is 12.2 Å². The number of benzene rings is 1. The fourth-order valence-electron chi connectivity index (χ4n) is 4.43. The minimum absolute atomic E-state index is 0.0135. The van der Waals surface area contributed by atoms with Gasteiger partial charge in [0.25, 0.3) is 0 Å². The average Bonchev–Trinajstić information content (AvgIpc) is 3.22. The number of rotatable bonds is 4. The fraction of sp³-hybridized carbons (Fsp3) is 0.632. The molecule has 24 heavy (non-hydrogen) atoms. The van der Waals surface area contributed by atoms with Gasteiger partial charge in [-0.15, -0.1) is 0 Å². The van der Waals surface area contributed by atoms with Gasteiger partial charge in [0.15, 0.2) is 22.7 Å². The summed E-state index contributed by atoms with van der Waals surface area (Å²) in [5.74, 6) is 3.42. The van der Waals surface area contributed by atoms with Crippen molar-refractivity contribution in [3.8, 4) is 11.5 Å². The highest BCUT2D eigenvalue weighted by atomic mass is 32.1. The number of likely N-dealkylation sites (N-methyl/N-ethyl adjacent to an activating group) is 1. The summed E-state index contributed by atoms with van der Waals surface area (Å²) in [5.41, 5.74) is 0. The molecule has 1 aliphatic heterocycles. The van der Waals surface area contributed by atoms with Crippen LogP contribution in [0.3, 0.4) is 0 Å². The maximum absolute atomic E-state index is 6.08. The highest BCUT2D eigenvalue weighted by Crippen LogP contribution is 2.44. The Hall–Kier alpha value is -1.49. The SMILES string of the molecule is CCN(C[C@H]1COc2ccccc2O1)C(=S)N[C@H]1C[C@H]2CC[C@H]1C2. The van der Waals surface area contributed by atoms with Crippen LogP contribution in [-0.2, 0) is 0 Å². The molecule has 1 heterocycles. The number of fused-ring (bicyclic) bond motifs is 3. The van der Waals surface area contributed by atoms with Crippen molar-refractivity contribution < 1.29 is 9.47 Å². The summed E-state index contributed by atoms with van der Waals surface area (Å²) in [6.45, 7) is 4.36. The first-order valence-corrected chi connectivity index (χ1v) is 9.57. The number of hydrogen-bond donors (Lipinski definition) is 1. The molecule has 0 spiro atoms. The third-order valence-corrected chi connectivity index (χ3v) is 6.08. The van der Waals surface area contributed by atoms with Crippen molar-refractivity contribution in [2.45, 2.75) is 44.8 Å². The summed E-state index contributed by atoms with van der Waals surface area (Å²) in [7, 11) is 0. The van der Waals surface area contributed by atoms with Gasteiger partial charge in [-0.1, -0.05) is 18.6 Å². The molecule has 0 saturated heterocycles. The number of nitrogens with zero attached hydrogens (tertiary/aromatic N) is 1. The molecule has 2 saturated carbocycles. The van der Waals surface area contributed by atoms with E-state index in [1.807, 2.05) is 24.3 Å². The van der Waals surface area contributed by atoms with Crippen LogP contribution in [0, 0.1) is 11.8 Å². The van der Waals surface area contributed by atoms with Crippen molar-refractivity contribution in [3.05, 3.63) is 24.3 Å². The van der Waals surface area contributed by atoms with Gasteiger partial charge in [-0.25, -0.2) is 0 Å². The van der Waals surface area contributed by atoms with Gasteiger partial charge >= 0.3 is 0 Å². The van der Waals surface area contributed by atoms with E-state index in [0.717, 1.165) is 41.5 Å². The second kappa shape index (κ2) is 6.79. The summed E-state index contributed by atoms with van der Waals surface area (Å²) in [6, 6.07) is 8.43. The highest BCUT2D eigenvalue weighted by Gasteiger charge is 2.40. The van der Waals surface area contributed by atoms with Crippen molar-refractivity contribution in [2.24, 2.45) is 11.8 Å². The van der Waals surface area contributed by atoms with E-state index in [0.29, 0.717) is 12.6 Å². The first-order valence-electron chi connectivity index (χ1n) is 9.17. The van der Waals surface area contributed by atoms with E-state index in [1.54, 1.807) is 0 Å². The lowest BCUT2D eigenvalue weighted by molar-refractivity contribution is 0.0746. The predicted octanol–water partition coefficient (Wildman–Crippen LogP) is 3.21. The minimum atomic E-state index is 0.0135. The molecule has 1 N–H and O–H groups in total. The van der Waals surface area contributed by atoms with E-state index < -0.39 is 0 Å². The van der Waals surface area contributed by atoms with Gasteiger partial charge in [-0.3, -0.25) is 0 Å². The molecule has 2 aliphatic carbocycles. The van der Waals surface area contributed by atoms with E-state index in [2.05, 4.69) is 17.1 Å². The number of thiocarbonyl (C=S) groups is 1. The van der Waals surface area contributed by atoms with Gasteiger partial charge in [-0.05, 0) is 62.4 Å². The second-order valence-corrected chi connectivity index (χ2v) is 7.65. The smallest absolute Gasteiger partial charge is 0.169 e. The molecular weight excluding hydrogens is 320 g/mol. The lowest BCUT2D eigenvalue weighted by atomic mass is 9.95. The molecule has 4 nitrogen and oxygen atoms in total. The third-order valence-electron chi connectivity index (χ3n) is 5.71. The zero-order chi connectivity index (χ0) is 16.5. The summed E-state index contributed by atoms with van der Waals surface area (Å²) in [4.78, 5) is 2.21. The monoisotopic (exact) mass is 346 g/mol. The Labute approximate surface area is 149 Å². The Kier molecular flexibility index (Phi) is 4.53. The van der Waals surface area contributed by atoms with Crippen LogP contribution in [0.2, 0.25) is 0 Å². The molecule has 1 aromatic carbocycles. The molecule has 0 amide bonds. The molecule has 3 aliphatic rings. The van der Waals surface area contributed by atoms with Gasteiger partial charge in [0.1, 0.15) is 6.61 Å². The zero-order valence-corrected chi connectivity index (χ0v) is 15.1. The van der Waals surface area contributed by atoms with Crippen LogP contribution in [0.4, 0.5) is 0 Å².